The Labute approximate surface area is 138 Å². The summed E-state index contributed by atoms with van der Waals surface area (Å²) in [5.74, 6) is -3.17. The van der Waals surface area contributed by atoms with Gasteiger partial charge in [0.2, 0.25) is 0 Å². The topological polar surface area (TPSA) is 71.8 Å². The molecule has 0 unspecified atom stereocenters. The van der Waals surface area contributed by atoms with Gasteiger partial charge in [0.05, 0.1) is 17.8 Å². The quantitative estimate of drug-likeness (QED) is 0.516. The first-order chi connectivity index (χ1) is 11.5. The van der Waals surface area contributed by atoms with Gasteiger partial charge in [-0.2, -0.15) is 13.2 Å². The van der Waals surface area contributed by atoms with Crippen LogP contribution in [-0.2, 0) is 11.8 Å². The highest BCUT2D eigenvalue weighted by Crippen LogP contribution is 2.37. The smallest absolute Gasteiger partial charge is 0.484 e. The summed E-state index contributed by atoms with van der Waals surface area (Å²) < 4.78 is 58.3. The molecular weight excluding hydrogens is 348 g/mol. The molecule has 136 valence electrons. The molecule has 0 saturated heterocycles. The molecule has 0 amide bonds. The summed E-state index contributed by atoms with van der Waals surface area (Å²) in [7, 11) is 1.76. The molecule has 1 N–H and O–H groups in total. The van der Waals surface area contributed by atoms with E-state index in [1.54, 1.807) is 0 Å². The second-order valence-electron chi connectivity index (χ2n) is 5.16. The minimum Gasteiger partial charge on any atom is -0.506 e. The molecule has 1 aromatic heterocycles. The highest BCUT2D eigenvalue weighted by molar-refractivity contribution is 6.03. The summed E-state index contributed by atoms with van der Waals surface area (Å²) in [5.41, 5.74) is -2.90. The minimum atomic E-state index is -4.85. The summed E-state index contributed by atoms with van der Waals surface area (Å²) in [5, 5.41) is 9.78. The fourth-order valence-electron chi connectivity index (χ4n) is 2.40. The van der Waals surface area contributed by atoms with Crippen molar-refractivity contribution in [2.75, 3.05) is 18.6 Å². The highest BCUT2D eigenvalue weighted by Gasteiger charge is 2.36. The Morgan fingerprint density at radius 3 is 2.48 bits per heavy atom. The lowest BCUT2D eigenvalue weighted by Crippen LogP contribution is -2.35. The van der Waals surface area contributed by atoms with E-state index in [0.29, 0.717) is 13.1 Å². The summed E-state index contributed by atoms with van der Waals surface area (Å²) in [6.07, 6.45) is -4.85. The number of anilines is 1. The van der Waals surface area contributed by atoms with E-state index in [-0.39, 0.29) is 17.0 Å². The number of fused-ring (bicyclic) bond motifs is 1. The third-order valence-electron chi connectivity index (χ3n) is 3.62. The van der Waals surface area contributed by atoms with Gasteiger partial charge in [0.15, 0.2) is 5.56 Å². The number of carbonyl (C=O) groups is 1. The molecule has 2 aromatic rings. The average molecular weight is 362 g/mol. The lowest BCUT2D eigenvalue weighted by atomic mass is 10.1. The summed E-state index contributed by atoms with van der Waals surface area (Å²) in [6.45, 7) is 1.38. The third kappa shape index (κ3) is 3.11. The van der Waals surface area contributed by atoms with Gasteiger partial charge in [0.1, 0.15) is 11.6 Å². The van der Waals surface area contributed by atoms with Crippen LogP contribution in [0.2, 0.25) is 0 Å². The number of benzene rings is 1. The fraction of sp³-hybridized carbons (Fsp3) is 0.333. The molecule has 10 heteroatoms. The highest BCUT2D eigenvalue weighted by atomic mass is 19.4. The molecule has 0 atom stereocenters. The molecule has 0 aliphatic rings. The maximum Gasteiger partial charge on any atom is 0.484 e. The first kappa shape index (κ1) is 18.6. The van der Waals surface area contributed by atoms with Gasteiger partial charge in [-0.3, -0.25) is 9.69 Å². The van der Waals surface area contributed by atoms with Crippen molar-refractivity contribution in [1.82, 2.24) is 4.57 Å². The van der Waals surface area contributed by atoms with Crippen LogP contribution in [0.1, 0.15) is 17.3 Å². The van der Waals surface area contributed by atoms with Gasteiger partial charge in [0, 0.05) is 19.5 Å². The fourth-order valence-corrected chi connectivity index (χ4v) is 2.40. The molecule has 1 heterocycles. The van der Waals surface area contributed by atoms with Gasteiger partial charge >= 0.3 is 12.3 Å². The van der Waals surface area contributed by atoms with E-state index in [4.69, 9.17) is 0 Å². The Balaban J connectivity index is 2.95. The second-order valence-corrected chi connectivity index (χ2v) is 5.16. The minimum absolute atomic E-state index is 0.0926. The van der Waals surface area contributed by atoms with Gasteiger partial charge in [-0.05, 0) is 19.1 Å². The number of alkyl halides is 3. The number of rotatable bonds is 3. The van der Waals surface area contributed by atoms with Crippen molar-refractivity contribution in [1.29, 1.82) is 0 Å². The first-order valence-electron chi connectivity index (χ1n) is 7.03. The molecule has 0 radical (unpaired) electrons. The van der Waals surface area contributed by atoms with Crippen molar-refractivity contribution in [2.24, 2.45) is 7.05 Å². The van der Waals surface area contributed by atoms with E-state index in [1.165, 1.54) is 6.92 Å². The van der Waals surface area contributed by atoms with E-state index < -0.39 is 46.0 Å². The van der Waals surface area contributed by atoms with Crippen molar-refractivity contribution < 1.29 is 32.2 Å². The third-order valence-corrected chi connectivity index (χ3v) is 3.62. The zero-order valence-corrected chi connectivity index (χ0v) is 13.4. The standard InChI is InChI=1S/C15H14F4N2O4/c1-4-25-14(24)10-12(22)8-5-7(16)6-9(21(3)15(17,18)19)11(8)20(2)13(10)23/h5-6,22H,4H2,1-3H3. The molecule has 25 heavy (non-hydrogen) atoms. The monoisotopic (exact) mass is 362 g/mol. The Hall–Kier alpha value is -2.78. The second kappa shape index (κ2) is 6.26. The number of nitrogens with zero attached hydrogens (tertiary/aromatic N) is 2. The van der Waals surface area contributed by atoms with Gasteiger partial charge in [0.25, 0.3) is 5.56 Å². The normalized spacial score (nSPS) is 11.6. The number of aryl methyl sites for hydroxylation is 1. The molecular formula is C15H14F4N2O4. The van der Waals surface area contributed by atoms with Crippen LogP contribution in [0, 0.1) is 5.82 Å². The number of hydrogen-bond acceptors (Lipinski definition) is 5. The number of esters is 1. The van der Waals surface area contributed by atoms with Gasteiger partial charge < -0.3 is 14.4 Å². The van der Waals surface area contributed by atoms with E-state index in [0.717, 1.165) is 17.7 Å². The zero-order chi connectivity index (χ0) is 19.1. The molecule has 0 aliphatic carbocycles. The molecule has 0 bridgehead atoms. The Bertz CT molecular complexity index is 905. The maximum atomic E-state index is 13.8. The number of aromatic nitrogens is 1. The van der Waals surface area contributed by atoms with Crippen LogP contribution < -0.4 is 10.5 Å². The van der Waals surface area contributed by atoms with Gasteiger partial charge in [-0.1, -0.05) is 0 Å². The van der Waals surface area contributed by atoms with E-state index in [2.05, 4.69) is 4.74 Å². The Morgan fingerprint density at radius 1 is 1.36 bits per heavy atom. The van der Waals surface area contributed by atoms with Gasteiger partial charge in [-0.15, -0.1) is 0 Å². The van der Waals surface area contributed by atoms with E-state index in [1.807, 2.05) is 0 Å². The van der Waals surface area contributed by atoms with Gasteiger partial charge in [-0.25, -0.2) is 9.18 Å². The Kier molecular flexibility index (Phi) is 4.65. The summed E-state index contributed by atoms with van der Waals surface area (Å²) in [4.78, 5) is 24.0. The lowest BCUT2D eigenvalue weighted by molar-refractivity contribution is -0.125. The SMILES string of the molecule is CCOC(=O)c1c(O)c2cc(F)cc(N(C)C(F)(F)F)c2n(C)c1=O. The number of carbonyl (C=O) groups excluding carboxylic acids is 1. The van der Waals surface area contributed by atoms with Crippen LogP contribution >= 0.6 is 0 Å². The van der Waals surface area contributed by atoms with Crippen LogP contribution in [0.3, 0.4) is 0 Å². The van der Waals surface area contributed by atoms with E-state index >= 15 is 0 Å². The van der Waals surface area contributed by atoms with Crippen LogP contribution in [0.15, 0.2) is 16.9 Å². The van der Waals surface area contributed by atoms with Crippen molar-refractivity contribution in [3.8, 4) is 5.75 Å². The Morgan fingerprint density at radius 2 is 1.96 bits per heavy atom. The predicted molar refractivity (Wildman–Crippen MR) is 81.2 cm³/mol. The predicted octanol–water partition coefficient (Wildman–Crippen LogP) is 2.52. The number of hydrogen-bond donors (Lipinski definition) is 1. The molecule has 0 aliphatic heterocycles. The number of pyridine rings is 1. The largest absolute Gasteiger partial charge is 0.506 e. The van der Waals surface area contributed by atoms with Crippen LogP contribution in [-0.4, -0.2) is 35.6 Å². The number of halogens is 4. The zero-order valence-electron chi connectivity index (χ0n) is 13.4. The van der Waals surface area contributed by atoms with E-state index in [9.17, 15) is 32.3 Å². The lowest BCUT2D eigenvalue weighted by Gasteiger charge is -2.25. The molecule has 0 saturated carbocycles. The molecule has 0 fully saturated rings. The maximum absolute atomic E-state index is 13.8. The van der Waals surface area contributed by atoms with Crippen molar-refractivity contribution >= 4 is 22.6 Å². The van der Waals surface area contributed by atoms with Crippen LogP contribution in [0.25, 0.3) is 10.9 Å². The van der Waals surface area contributed by atoms with Crippen LogP contribution in [0.4, 0.5) is 23.2 Å². The first-order valence-corrected chi connectivity index (χ1v) is 7.03. The number of aromatic hydroxyl groups is 1. The average Bonchev–Trinajstić information content (AvgIpc) is 2.50. The molecule has 1 aromatic carbocycles. The molecule has 2 rings (SSSR count). The summed E-state index contributed by atoms with van der Waals surface area (Å²) >= 11 is 0. The van der Waals surface area contributed by atoms with Crippen molar-refractivity contribution in [2.45, 2.75) is 13.2 Å². The van der Waals surface area contributed by atoms with Crippen molar-refractivity contribution in [3.05, 3.63) is 33.9 Å². The molecule has 6 nitrogen and oxygen atoms in total. The van der Waals surface area contributed by atoms with Crippen molar-refractivity contribution in [3.63, 3.8) is 0 Å². The molecule has 0 spiro atoms. The summed E-state index contributed by atoms with van der Waals surface area (Å²) in [6, 6.07) is 1.32. The van der Waals surface area contributed by atoms with Crippen LogP contribution in [0.5, 0.6) is 5.75 Å². The number of ether oxygens (including phenoxy) is 1.